The maximum Gasteiger partial charge on any atom is 0.410 e. The van der Waals surface area contributed by atoms with Crippen LogP contribution in [0.5, 0.6) is 0 Å². The van der Waals surface area contributed by atoms with Crippen LogP contribution in [0.1, 0.15) is 34.1 Å². The van der Waals surface area contributed by atoms with Crippen molar-refractivity contribution in [2.45, 2.75) is 51.9 Å². The van der Waals surface area contributed by atoms with E-state index in [2.05, 4.69) is 4.90 Å². The largest absolute Gasteiger partial charge is 0.444 e. The Morgan fingerprint density at radius 1 is 1.45 bits per heavy atom. The van der Waals surface area contributed by atoms with E-state index in [1.54, 1.807) is 11.8 Å². The molecule has 20 heavy (non-hydrogen) atoms. The van der Waals surface area contributed by atoms with Crippen LogP contribution in [0, 0.1) is 0 Å². The van der Waals surface area contributed by atoms with Gasteiger partial charge in [-0.3, -0.25) is 4.90 Å². The van der Waals surface area contributed by atoms with Crippen molar-refractivity contribution in [2.75, 3.05) is 32.7 Å². The van der Waals surface area contributed by atoms with Gasteiger partial charge in [-0.05, 0) is 34.1 Å². The molecule has 1 aliphatic heterocycles. The lowest BCUT2D eigenvalue weighted by atomic mass is 10.1. The lowest BCUT2D eigenvalue weighted by molar-refractivity contribution is 0.00291. The third-order valence-electron chi connectivity index (χ3n) is 3.36. The molecule has 6 nitrogen and oxygen atoms in total. The zero-order valence-electron chi connectivity index (χ0n) is 13.1. The van der Waals surface area contributed by atoms with Gasteiger partial charge >= 0.3 is 6.09 Å². The van der Waals surface area contributed by atoms with Crippen molar-refractivity contribution >= 4 is 6.09 Å². The smallest absolute Gasteiger partial charge is 0.410 e. The maximum atomic E-state index is 12.1. The molecule has 1 heterocycles. The van der Waals surface area contributed by atoms with Crippen LogP contribution in [-0.2, 0) is 4.74 Å². The molecular weight excluding hydrogens is 258 g/mol. The van der Waals surface area contributed by atoms with Gasteiger partial charge in [-0.2, -0.15) is 0 Å². The summed E-state index contributed by atoms with van der Waals surface area (Å²) in [7, 11) is 0. The third kappa shape index (κ3) is 5.64. The fraction of sp³-hybridized carbons (Fsp3) is 0.929. The molecule has 1 fully saturated rings. The van der Waals surface area contributed by atoms with E-state index >= 15 is 0 Å². The summed E-state index contributed by atoms with van der Waals surface area (Å²) in [6.45, 7) is 10.7. The molecular formula is C14H29N3O3. The number of aliphatic hydroxyl groups is 1. The third-order valence-corrected chi connectivity index (χ3v) is 3.36. The van der Waals surface area contributed by atoms with Gasteiger partial charge in [0.25, 0.3) is 0 Å². The first kappa shape index (κ1) is 17.2. The molecule has 1 aliphatic rings. The predicted molar refractivity (Wildman–Crippen MR) is 78.5 cm³/mol. The Morgan fingerprint density at radius 2 is 2.10 bits per heavy atom. The van der Waals surface area contributed by atoms with Crippen molar-refractivity contribution in [1.29, 1.82) is 0 Å². The molecule has 0 saturated carbocycles. The van der Waals surface area contributed by atoms with Gasteiger partial charge < -0.3 is 20.5 Å². The number of nitrogens with zero attached hydrogens (tertiary/aromatic N) is 2. The highest BCUT2D eigenvalue weighted by atomic mass is 16.6. The van der Waals surface area contributed by atoms with Crippen molar-refractivity contribution in [3.8, 4) is 0 Å². The average Bonchev–Trinajstić information content (AvgIpc) is 2.33. The molecule has 0 spiro atoms. The summed E-state index contributed by atoms with van der Waals surface area (Å²) < 4.78 is 5.39. The molecule has 118 valence electrons. The van der Waals surface area contributed by atoms with E-state index in [4.69, 9.17) is 10.5 Å². The number of carbonyl (C=O) groups is 1. The zero-order valence-corrected chi connectivity index (χ0v) is 13.1. The molecule has 1 saturated heterocycles. The van der Waals surface area contributed by atoms with E-state index in [0.29, 0.717) is 19.6 Å². The summed E-state index contributed by atoms with van der Waals surface area (Å²) in [5.41, 5.74) is 5.33. The van der Waals surface area contributed by atoms with Gasteiger partial charge in [0.05, 0.1) is 6.10 Å². The fourth-order valence-corrected chi connectivity index (χ4v) is 2.26. The van der Waals surface area contributed by atoms with Crippen LogP contribution in [-0.4, -0.2) is 71.5 Å². The summed E-state index contributed by atoms with van der Waals surface area (Å²) in [4.78, 5) is 16.0. The van der Waals surface area contributed by atoms with Gasteiger partial charge in [0.1, 0.15) is 5.60 Å². The molecule has 1 amide bonds. The van der Waals surface area contributed by atoms with Gasteiger partial charge in [-0.25, -0.2) is 4.79 Å². The molecule has 0 aromatic heterocycles. The summed E-state index contributed by atoms with van der Waals surface area (Å²) >= 11 is 0. The molecule has 1 rings (SSSR count). The van der Waals surface area contributed by atoms with Crippen LogP contribution in [0.3, 0.4) is 0 Å². The van der Waals surface area contributed by atoms with Gasteiger partial charge in [0.2, 0.25) is 0 Å². The van der Waals surface area contributed by atoms with Crippen molar-refractivity contribution in [1.82, 2.24) is 9.80 Å². The number of nitrogens with two attached hydrogens (primary N) is 1. The first-order chi connectivity index (χ1) is 9.23. The number of carbonyl (C=O) groups excluding carboxylic acids is 1. The maximum absolute atomic E-state index is 12.1. The molecule has 6 heteroatoms. The molecule has 0 bridgehead atoms. The second-order valence-corrected chi connectivity index (χ2v) is 6.49. The Labute approximate surface area is 121 Å². The van der Waals surface area contributed by atoms with E-state index in [-0.39, 0.29) is 18.2 Å². The van der Waals surface area contributed by atoms with Crippen LogP contribution in [0.15, 0.2) is 0 Å². The molecule has 0 radical (unpaired) electrons. The van der Waals surface area contributed by atoms with Crippen molar-refractivity contribution in [2.24, 2.45) is 5.73 Å². The minimum atomic E-state index is -0.473. The van der Waals surface area contributed by atoms with Crippen molar-refractivity contribution in [3.63, 3.8) is 0 Å². The van der Waals surface area contributed by atoms with E-state index in [1.807, 2.05) is 20.8 Å². The normalized spacial score (nSPS) is 22.7. The number of hydrogen-bond donors (Lipinski definition) is 2. The van der Waals surface area contributed by atoms with Crippen LogP contribution >= 0.6 is 0 Å². The number of piperazine rings is 1. The number of hydrogen-bond acceptors (Lipinski definition) is 5. The Bertz CT molecular complexity index is 315. The number of ether oxygens (including phenoxy) is 1. The standard InChI is InChI=1S/C14H29N3O3/c1-11(18)5-6-16-7-8-17(10-12(16)9-15)13(19)20-14(2,3)4/h11-12,18H,5-10,15H2,1-4H3. The number of rotatable bonds is 4. The Balaban J connectivity index is 2.52. The monoisotopic (exact) mass is 287 g/mol. The summed E-state index contributed by atoms with van der Waals surface area (Å²) in [6, 6.07) is 0.134. The van der Waals surface area contributed by atoms with Gasteiger partial charge in [0.15, 0.2) is 0 Å². The SMILES string of the molecule is CC(O)CCN1CCN(C(=O)OC(C)(C)C)CC1CN. The second kappa shape index (κ2) is 7.24. The van der Waals surface area contributed by atoms with Gasteiger partial charge in [-0.1, -0.05) is 0 Å². The highest BCUT2D eigenvalue weighted by Crippen LogP contribution is 2.15. The van der Waals surface area contributed by atoms with Crippen LogP contribution in [0.25, 0.3) is 0 Å². The molecule has 3 N–H and O–H groups in total. The van der Waals surface area contributed by atoms with Crippen molar-refractivity contribution < 1.29 is 14.6 Å². The molecule has 2 atom stereocenters. The minimum Gasteiger partial charge on any atom is -0.444 e. The highest BCUT2D eigenvalue weighted by molar-refractivity contribution is 5.68. The highest BCUT2D eigenvalue weighted by Gasteiger charge is 2.31. The van der Waals surface area contributed by atoms with E-state index < -0.39 is 5.60 Å². The second-order valence-electron chi connectivity index (χ2n) is 6.49. The lowest BCUT2D eigenvalue weighted by Crippen LogP contribution is -2.58. The average molecular weight is 287 g/mol. The summed E-state index contributed by atoms with van der Waals surface area (Å²) in [6.07, 6.45) is 0.145. The van der Waals surface area contributed by atoms with Gasteiger partial charge in [0, 0.05) is 38.8 Å². The topological polar surface area (TPSA) is 79.0 Å². The molecule has 0 aromatic rings. The Hall–Kier alpha value is -0.850. The summed E-state index contributed by atoms with van der Waals surface area (Å²) in [5.74, 6) is 0. The van der Waals surface area contributed by atoms with Crippen LogP contribution in [0.4, 0.5) is 4.79 Å². The lowest BCUT2D eigenvalue weighted by Gasteiger charge is -2.41. The minimum absolute atomic E-state index is 0.134. The number of amides is 1. The fourth-order valence-electron chi connectivity index (χ4n) is 2.26. The van der Waals surface area contributed by atoms with Gasteiger partial charge in [-0.15, -0.1) is 0 Å². The summed E-state index contributed by atoms with van der Waals surface area (Å²) in [5, 5.41) is 9.37. The van der Waals surface area contributed by atoms with E-state index in [9.17, 15) is 9.90 Å². The zero-order chi connectivity index (χ0) is 15.3. The molecule has 2 unspecified atom stereocenters. The molecule has 0 aliphatic carbocycles. The Morgan fingerprint density at radius 3 is 2.60 bits per heavy atom. The Kier molecular flexibility index (Phi) is 6.23. The van der Waals surface area contributed by atoms with Crippen LogP contribution < -0.4 is 5.73 Å². The predicted octanol–water partition coefficient (Wildman–Crippen LogP) is 0.637. The van der Waals surface area contributed by atoms with Crippen LogP contribution in [0.2, 0.25) is 0 Å². The first-order valence-electron chi connectivity index (χ1n) is 7.33. The van der Waals surface area contributed by atoms with Crippen molar-refractivity contribution in [3.05, 3.63) is 0 Å². The quantitative estimate of drug-likeness (QED) is 0.793. The first-order valence-corrected chi connectivity index (χ1v) is 7.33. The number of aliphatic hydroxyl groups excluding tert-OH is 1. The van der Waals surface area contributed by atoms with E-state index in [1.165, 1.54) is 0 Å². The molecule has 0 aromatic carbocycles. The van der Waals surface area contributed by atoms with E-state index in [0.717, 1.165) is 19.5 Å².